The Balaban J connectivity index is 1.99. The Morgan fingerprint density at radius 1 is 1.04 bits per heavy atom. The van der Waals surface area contributed by atoms with E-state index in [0.717, 1.165) is 5.56 Å². The quantitative estimate of drug-likeness (QED) is 0.616. The lowest BCUT2D eigenvalue weighted by atomic mass is 9.98. The Morgan fingerprint density at radius 2 is 1.85 bits per heavy atom. The summed E-state index contributed by atoms with van der Waals surface area (Å²) in [5.74, 6) is -1.04. The average Bonchev–Trinajstić information content (AvgIpc) is 3.08. The van der Waals surface area contributed by atoms with Crippen molar-refractivity contribution in [2.45, 2.75) is 6.42 Å². The summed E-state index contributed by atoms with van der Waals surface area (Å²) in [7, 11) is 0. The summed E-state index contributed by atoms with van der Waals surface area (Å²) in [6.45, 7) is 0. The molecular formula is C20H15FN4O. The highest BCUT2D eigenvalue weighted by Crippen LogP contribution is 2.28. The molecule has 4 rings (SSSR count). The fourth-order valence-corrected chi connectivity index (χ4v) is 3.07. The number of hydrogen-bond acceptors (Lipinski definition) is 3. The number of halogens is 1. The van der Waals surface area contributed by atoms with Crippen molar-refractivity contribution in [2.24, 2.45) is 5.73 Å². The lowest BCUT2D eigenvalue weighted by Crippen LogP contribution is -2.17. The van der Waals surface area contributed by atoms with Gasteiger partial charge in [-0.3, -0.25) is 9.36 Å². The maximum absolute atomic E-state index is 14.8. The molecule has 2 aromatic heterocycles. The first-order valence-electron chi connectivity index (χ1n) is 8.08. The van der Waals surface area contributed by atoms with E-state index in [0.29, 0.717) is 28.8 Å². The van der Waals surface area contributed by atoms with Gasteiger partial charge in [0.2, 0.25) is 0 Å². The van der Waals surface area contributed by atoms with E-state index in [1.54, 1.807) is 22.9 Å². The molecule has 0 unspecified atom stereocenters. The average molecular weight is 346 g/mol. The highest BCUT2D eigenvalue weighted by Gasteiger charge is 2.20. The lowest BCUT2D eigenvalue weighted by molar-refractivity contribution is 0.1000. The SMILES string of the molecule is NC(=O)c1ccc(F)c(Cc2ccccc2)c1-n1cnc2cccnc21. The number of nitrogens with zero attached hydrogens (tertiary/aromatic N) is 3. The third kappa shape index (κ3) is 2.71. The molecule has 0 aliphatic carbocycles. The molecule has 2 heterocycles. The normalized spacial score (nSPS) is 11.0. The summed E-state index contributed by atoms with van der Waals surface area (Å²) in [5, 5.41) is 0. The number of fused-ring (bicyclic) bond motifs is 1. The second-order valence-corrected chi connectivity index (χ2v) is 5.91. The standard InChI is InChI=1S/C20H15FN4O/c21-16-9-8-14(19(22)26)18(15(16)11-13-5-2-1-3-6-13)25-12-24-17-7-4-10-23-20(17)25/h1-10,12H,11H2,(H2,22,26). The van der Waals surface area contributed by atoms with Crippen LogP contribution in [0.3, 0.4) is 0 Å². The molecule has 0 aliphatic heterocycles. The Labute approximate surface area is 148 Å². The molecule has 0 aliphatic rings. The molecule has 0 saturated heterocycles. The molecule has 2 N–H and O–H groups in total. The molecule has 4 aromatic rings. The number of benzene rings is 2. The third-order valence-electron chi connectivity index (χ3n) is 4.26. The van der Waals surface area contributed by atoms with Gasteiger partial charge in [-0.1, -0.05) is 30.3 Å². The number of aromatic nitrogens is 3. The molecule has 5 nitrogen and oxygen atoms in total. The van der Waals surface area contributed by atoms with E-state index >= 15 is 0 Å². The number of imidazole rings is 1. The molecule has 0 fully saturated rings. The maximum Gasteiger partial charge on any atom is 0.250 e. The number of carbonyl (C=O) groups is 1. The van der Waals surface area contributed by atoms with E-state index < -0.39 is 11.7 Å². The number of pyridine rings is 1. The van der Waals surface area contributed by atoms with Gasteiger partial charge in [-0.05, 0) is 29.8 Å². The van der Waals surface area contributed by atoms with Crippen molar-refractivity contribution in [3.8, 4) is 5.69 Å². The highest BCUT2D eigenvalue weighted by molar-refractivity contribution is 5.97. The van der Waals surface area contributed by atoms with Crippen LogP contribution in [0.4, 0.5) is 4.39 Å². The van der Waals surface area contributed by atoms with Gasteiger partial charge in [0.05, 0.1) is 11.3 Å². The molecule has 0 bridgehead atoms. The molecular weight excluding hydrogens is 331 g/mol. The van der Waals surface area contributed by atoms with Crippen LogP contribution in [0.25, 0.3) is 16.9 Å². The third-order valence-corrected chi connectivity index (χ3v) is 4.26. The van der Waals surface area contributed by atoms with Crippen molar-refractivity contribution in [3.05, 3.63) is 89.6 Å². The van der Waals surface area contributed by atoms with Crippen LogP contribution in [0, 0.1) is 5.82 Å². The van der Waals surface area contributed by atoms with E-state index in [9.17, 15) is 9.18 Å². The summed E-state index contributed by atoms with van der Waals surface area (Å²) in [6.07, 6.45) is 3.48. The minimum absolute atomic E-state index is 0.224. The Hall–Kier alpha value is -3.54. The minimum Gasteiger partial charge on any atom is -0.366 e. The number of primary amides is 1. The molecule has 6 heteroatoms. The van der Waals surface area contributed by atoms with Crippen LogP contribution in [-0.4, -0.2) is 20.4 Å². The van der Waals surface area contributed by atoms with Crippen LogP contribution in [0.1, 0.15) is 21.5 Å². The van der Waals surface area contributed by atoms with Gasteiger partial charge in [-0.2, -0.15) is 0 Å². The maximum atomic E-state index is 14.8. The monoisotopic (exact) mass is 346 g/mol. The summed E-state index contributed by atoms with van der Waals surface area (Å²) < 4.78 is 16.4. The van der Waals surface area contributed by atoms with Gasteiger partial charge >= 0.3 is 0 Å². The largest absolute Gasteiger partial charge is 0.366 e. The predicted octanol–water partition coefficient (Wildman–Crippen LogP) is 3.25. The van der Waals surface area contributed by atoms with Gasteiger partial charge in [-0.25, -0.2) is 14.4 Å². The zero-order valence-electron chi connectivity index (χ0n) is 13.8. The number of amides is 1. The van der Waals surface area contributed by atoms with E-state index in [4.69, 9.17) is 5.73 Å². The first kappa shape index (κ1) is 16.0. The molecule has 26 heavy (non-hydrogen) atoms. The molecule has 0 radical (unpaired) electrons. The van der Waals surface area contributed by atoms with E-state index in [1.165, 1.54) is 18.5 Å². The van der Waals surface area contributed by atoms with Gasteiger partial charge in [0.1, 0.15) is 17.7 Å². The van der Waals surface area contributed by atoms with Gasteiger partial charge in [-0.15, -0.1) is 0 Å². The second-order valence-electron chi connectivity index (χ2n) is 5.91. The summed E-state index contributed by atoms with van der Waals surface area (Å²) in [4.78, 5) is 20.6. The van der Waals surface area contributed by atoms with Crippen LogP contribution >= 0.6 is 0 Å². The van der Waals surface area contributed by atoms with Crippen molar-refractivity contribution in [3.63, 3.8) is 0 Å². The van der Waals surface area contributed by atoms with Crippen molar-refractivity contribution < 1.29 is 9.18 Å². The highest BCUT2D eigenvalue weighted by atomic mass is 19.1. The number of rotatable bonds is 4. The molecule has 0 saturated carbocycles. The van der Waals surface area contributed by atoms with Crippen LogP contribution in [0.5, 0.6) is 0 Å². The van der Waals surface area contributed by atoms with Crippen molar-refractivity contribution >= 4 is 17.1 Å². The van der Waals surface area contributed by atoms with E-state index in [2.05, 4.69) is 9.97 Å². The smallest absolute Gasteiger partial charge is 0.250 e. The number of carbonyl (C=O) groups excluding carboxylic acids is 1. The first-order chi connectivity index (χ1) is 12.6. The number of nitrogens with two attached hydrogens (primary N) is 1. The van der Waals surface area contributed by atoms with Crippen LogP contribution in [0.2, 0.25) is 0 Å². The molecule has 0 atom stereocenters. The van der Waals surface area contributed by atoms with Crippen molar-refractivity contribution in [1.82, 2.24) is 14.5 Å². The Bertz CT molecular complexity index is 1110. The second kappa shape index (κ2) is 6.40. The first-order valence-corrected chi connectivity index (χ1v) is 8.08. The van der Waals surface area contributed by atoms with Gasteiger partial charge in [0, 0.05) is 18.2 Å². The zero-order chi connectivity index (χ0) is 18.1. The topological polar surface area (TPSA) is 73.8 Å². The summed E-state index contributed by atoms with van der Waals surface area (Å²) in [6, 6.07) is 15.7. The molecule has 128 valence electrons. The minimum atomic E-state index is -0.632. The zero-order valence-corrected chi connectivity index (χ0v) is 13.8. The fraction of sp³-hybridized carbons (Fsp3) is 0.0500. The van der Waals surface area contributed by atoms with Gasteiger partial charge < -0.3 is 5.73 Å². The van der Waals surface area contributed by atoms with Crippen molar-refractivity contribution in [1.29, 1.82) is 0 Å². The number of hydrogen-bond donors (Lipinski definition) is 1. The lowest BCUT2D eigenvalue weighted by Gasteiger charge is -2.15. The molecule has 0 spiro atoms. The van der Waals surface area contributed by atoms with E-state index in [-0.39, 0.29) is 5.56 Å². The molecule has 2 aromatic carbocycles. The van der Waals surface area contributed by atoms with Gasteiger partial charge in [0.25, 0.3) is 5.91 Å². The fourth-order valence-electron chi connectivity index (χ4n) is 3.07. The van der Waals surface area contributed by atoms with Crippen LogP contribution in [0.15, 0.2) is 67.1 Å². The molecule has 1 amide bonds. The van der Waals surface area contributed by atoms with Crippen LogP contribution in [-0.2, 0) is 6.42 Å². The summed E-state index contributed by atoms with van der Waals surface area (Å²) in [5.41, 5.74) is 8.65. The Kier molecular flexibility index (Phi) is 3.93. The van der Waals surface area contributed by atoms with E-state index in [1.807, 2.05) is 30.3 Å². The predicted molar refractivity (Wildman–Crippen MR) is 96.6 cm³/mol. The van der Waals surface area contributed by atoms with Crippen molar-refractivity contribution in [2.75, 3.05) is 0 Å². The van der Waals surface area contributed by atoms with Gasteiger partial charge in [0.15, 0.2) is 5.65 Å². The summed E-state index contributed by atoms with van der Waals surface area (Å²) >= 11 is 0. The van der Waals surface area contributed by atoms with Crippen LogP contribution < -0.4 is 5.73 Å². The Morgan fingerprint density at radius 3 is 2.62 bits per heavy atom.